The highest BCUT2D eigenvalue weighted by atomic mass is 16.7. The van der Waals surface area contributed by atoms with E-state index in [1.807, 2.05) is 11.1 Å². The SMILES string of the molecule is C=CC(=O)CCc1cc(Nc2cc(N3OCC[C@@H]3c3ccc4ccccc4c3)ncn2)c(OC)cc1N1CCC(N2CCN(C)CC2)CC1. The summed E-state index contributed by atoms with van der Waals surface area (Å²) in [6.45, 7) is 10.8. The molecule has 49 heavy (non-hydrogen) atoms. The molecule has 3 fully saturated rings. The molecule has 3 aliphatic rings. The van der Waals surface area contributed by atoms with Crippen molar-refractivity contribution in [3.05, 3.63) is 90.8 Å². The summed E-state index contributed by atoms with van der Waals surface area (Å²) in [6.07, 6.45) is 7.10. The van der Waals surface area contributed by atoms with E-state index in [9.17, 15) is 4.79 Å². The minimum absolute atomic E-state index is 0.0376. The van der Waals surface area contributed by atoms with Gasteiger partial charge in [0.25, 0.3) is 0 Å². The lowest BCUT2D eigenvalue weighted by Gasteiger charge is -2.43. The van der Waals surface area contributed by atoms with Crippen molar-refractivity contribution < 1.29 is 14.4 Å². The van der Waals surface area contributed by atoms with Gasteiger partial charge in [0.2, 0.25) is 0 Å². The third-order valence-corrected chi connectivity index (χ3v) is 10.3. The summed E-state index contributed by atoms with van der Waals surface area (Å²) in [5, 5.41) is 7.82. The van der Waals surface area contributed by atoms with E-state index in [1.165, 1.54) is 22.4 Å². The molecule has 10 heteroatoms. The Labute approximate surface area is 289 Å². The largest absolute Gasteiger partial charge is 0.494 e. The van der Waals surface area contributed by atoms with Crippen LogP contribution < -0.4 is 20.0 Å². The number of allylic oxidation sites excluding steroid dienone is 1. The van der Waals surface area contributed by atoms with Gasteiger partial charge < -0.3 is 19.9 Å². The lowest BCUT2D eigenvalue weighted by Crippen LogP contribution is -2.52. The second-order valence-corrected chi connectivity index (χ2v) is 13.4. The third-order valence-electron chi connectivity index (χ3n) is 10.3. The van der Waals surface area contributed by atoms with Gasteiger partial charge >= 0.3 is 0 Å². The molecule has 1 aromatic heterocycles. The smallest absolute Gasteiger partial charge is 0.158 e. The summed E-state index contributed by atoms with van der Waals surface area (Å²) in [7, 11) is 3.90. The highest BCUT2D eigenvalue weighted by Crippen LogP contribution is 2.39. The molecule has 3 aliphatic heterocycles. The lowest BCUT2D eigenvalue weighted by molar-refractivity contribution is -0.114. The Morgan fingerprint density at radius 3 is 2.55 bits per heavy atom. The first-order valence-corrected chi connectivity index (χ1v) is 17.5. The summed E-state index contributed by atoms with van der Waals surface area (Å²) >= 11 is 0. The zero-order chi connectivity index (χ0) is 33.7. The fraction of sp³-hybridized carbons (Fsp3) is 0.410. The number of hydrogen-bond acceptors (Lipinski definition) is 10. The Balaban J connectivity index is 1.11. The average molecular weight is 662 g/mol. The highest BCUT2D eigenvalue weighted by Gasteiger charge is 2.30. The number of ketones is 1. The standard InChI is InChI=1S/C39H47N7O3/c1-4-33(47)12-11-31-24-34(37(48-3)25-36(31)45-16-13-32(14-17-45)44-20-18-43(2)19-21-44)42-38-26-39(41-27-40-38)46-35(15-22-49-46)30-10-9-28-7-5-6-8-29(28)23-30/h4-10,23-27,32,35H,1,11-22H2,2-3H3,(H,40,41,42)/t35-/m1/s1. The number of nitrogens with zero attached hydrogens (tertiary/aromatic N) is 6. The molecule has 256 valence electrons. The van der Waals surface area contributed by atoms with Gasteiger partial charge in [-0.25, -0.2) is 15.0 Å². The van der Waals surface area contributed by atoms with Crippen LogP contribution in [-0.2, 0) is 16.1 Å². The second-order valence-electron chi connectivity index (χ2n) is 13.4. The number of aryl methyl sites for hydroxylation is 1. The Morgan fingerprint density at radius 2 is 1.78 bits per heavy atom. The number of piperazine rings is 1. The van der Waals surface area contributed by atoms with Crippen LogP contribution in [0.25, 0.3) is 10.8 Å². The van der Waals surface area contributed by atoms with Gasteiger partial charge in [-0.15, -0.1) is 0 Å². The molecule has 1 N–H and O–H groups in total. The monoisotopic (exact) mass is 661 g/mol. The number of carbonyl (C=O) groups is 1. The number of hydrogen-bond donors (Lipinski definition) is 1. The molecule has 0 saturated carbocycles. The van der Waals surface area contributed by atoms with E-state index in [4.69, 9.17) is 9.57 Å². The molecule has 7 rings (SSSR count). The third kappa shape index (κ3) is 7.41. The predicted molar refractivity (Wildman–Crippen MR) is 196 cm³/mol. The van der Waals surface area contributed by atoms with Crippen LogP contribution in [0.2, 0.25) is 0 Å². The Morgan fingerprint density at radius 1 is 0.980 bits per heavy atom. The average Bonchev–Trinajstić information content (AvgIpc) is 3.64. The first-order valence-electron chi connectivity index (χ1n) is 17.5. The van der Waals surface area contributed by atoms with Crippen LogP contribution >= 0.6 is 0 Å². The molecule has 3 saturated heterocycles. The number of methoxy groups -OCH3 is 1. The van der Waals surface area contributed by atoms with Gasteiger partial charge in [-0.05, 0) is 66.4 Å². The van der Waals surface area contributed by atoms with Crippen molar-refractivity contribution in [3.63, 3.8) is 0 Å². The molecular weight excluding hydrogens is 614 g/mol. The molecule has 3 aromatic carbocycles. The Bertz CT molecular complexity index is 1780. The van der Waals surface area contributed by atoms with Crippen molar-refractivity contribution in [1.29, 1.82) is 0 Å². The zero-order valence-electron chi connectivity index (χ0n) is 28.7. The van der Waals surface area contributed by atoms with E-state index >= 15 is 0 Å². The molecule has 0 bridgehead atoms. The number of rotatable bonds is 11. The van der Waals surface area contributed by atoms with E-state index in [0.29, 0.717) is 37.1 Å². The van der Waals surface area contributed by atoms with Gasteiger partial charge in [0.15, 0.2) is 11.6 Å². The molecule has 4 aromatic rings. The van der Waals surface area contributed by atoms with Crippen molar-refractivity contribution in [1.82, 2.24) is 19.8 Å². The fourth-order valence-electron chi connectivity index (χ4n) is 7.48. The summed E-state index contributed by atoms with van der Waals surface area (Å²) in [6, 6.07) is 21.8. The quantitative estimate of drug-likeness (QED) is 0.189. The lowest BCUT2D eigenvalue weighted by atomic mass is 9.98. The van der Waals surface area contributed by atoms with Crippen molar-refractivity contribution in [2.45, 2.75) is 44.2 Å². The maximum absolute atomic E-state index is 12.4. The number of aromatic nitrogens is 2. The molecule has 0 radical (unpaired) electrons. The molecule has 1 atom stereocenters. The summed E-state index contributed by atoms with van der Waals surface area (Å²) in [4.78, 5) is 35.2. The van der Waals surface area contributed by atoms with E-state index < -0.39 is 0 Å². The van der Waals surface area contributed by atoms with Crippen LogP contribution in [-0.4, -0.2) is 91.6 Å². The van der Waals surface area contributed by atoms with Crippen LogP contribution in [0.3, 0.4) is 0 Å². The second kappa shape index (κ2) is 14.9. The van der Waals surface area contributed by atoms with Crippen LogP contribution in [0.15, 0.2) is 79.6 Å². The van der Waals surface area contributed by atoms with Crippen molar-refractivity contribution in [3.8, 4) is 5.75 Å². The van der Waals surface area contributed by atoms with E-state index in [0.717, 1.165) is 81.2 Å². The maximum Gasteiger partial charge on any atom is 0.158 e. The Hall–Kier alpha value is -4.51. The van der Waals surface area contributed by atoms with Crippen LogP contribution in [0, 0.1) is 0 Å². The Kier molecular flexibility index (Phi) is 10.1. The molecule has 0 amide bonds. The number of carbonyl (C=O) groups excluding carboxylic acids is 1. The molecule has 0 unspecified atom stereocenters. The van der Waals surface area contributed by atoms with E-state index in [1.54, 1.807) is 13.4 Å². The number of piperidine rings is 1. The zero-order valence-corrected chi connectivity index (χ0v) is 28.7. The van der Waals surface area contributed by atoms with Crippen LogP contribution in [0.1, 0.15) is 42.9 Å². The van der Waals surface area contributed by atoms with Crippen molar-refractivity contribution >= 4 is 39.6 Å². The van der Waals surface area contributed by atoms with Crippen LogP contribution in [0.4, 0.5) is 23.0 Å². The normalized spacial score (nSPS) is 19.3. The van der Waals surface area contributed by atoms with Crippen LogP contribution in [0.5, 0.6) is 5.75 Å². The van der Waals surface area contributed by atoms with Gasteiger partial charge in [-0.3, -0.25) is 14.5 Å². The maximum atomic E-state index is 12.4. The number of anilines is 4. The minimum atomic E-state index is 0.0376. The predicted octanol–water partition coefficient (Wildman–Crippen LogP) is 6.17. The van der Waals surface area contributed by atoms with E-state index in [-0.39, 0.29) is 11.8 Å². The number of benzene rings is 3. The van der Waals surface area contributed by atoms with Gasteiger partial charge in [-0.1, -0.05) is 43.0 Å². The van der Waals surface area contributed by atoms with E-state index in [2.05, 4.69) is 98.2 Å². The first kappa shape index (κ1) is 33.0. The number of hydroxylamine groups is 1. The van der Waals surface area contributed by atoms with Gasteiger partial charge in [0.05, 0.1) is 25.4 Å². The highest BCUT2D eigenvalue weighted by molar-refractivity contribution is 5.89. The summed E-state index contributed by atoms with van der Waals surface area (Å²) < 4.78 is 5.95. The fourth-order valence-corrected chi connectivity index (χ4v) is 7.48. The molecule has 10 nitrogen and oxygen atoms in total. The molecule has 0 aliphatic carbocycles. The van der Waals surface area contributed by atoms with Gasteiger partial charge in [-0.2, -0.15) is 0 Å². The topological polar surface area (TPSA) is 86.3 Å². The number of fused-ring (bicyclic) bond motifs is 1. The summed E-state index contributed by atoms with van der Waals surface area (Å²) in [5.41, 5.74) is 4.21. The first-order chi connectivity index (χ1) is 24.0. The van der Waals surface area contributed by atoms with Crippen molar-refractivity contribution in [2.75, 3.05) is 75.3 Å². The number of ether oxygens (including phenoxy) is 1. The molecule has 4 heterocycles. The number of nitrogens with one attached hydrogen (secondary N) is 1. The van der Waals surface area contributed by atoms with Gasteiger partial charge in [0, 0.05) is 76.0 Å². The van der Waals surface area contributed by atoms with Gasteiger partial charge in [0.1, 0.15) is 17.9 Å². The molecular formula is C39H47N7O3. The molecule has 0 spiro atoms. The minimum Gasteiger partial charge on any atom is -0.494 e. The van der Waals surface area contributed by atoms with Crippen molar-refractivity contribution in [2.24, 2.45) is 0 Å². The number of likely N-dealkylation sites (N-methyl/N-ethyl adjacent to an activating group) is 1. The summed E-state index contributed by atoms with van der Waals surface area (Å²) in [5.74, 6) is 2.08.